The largest absolute Gasteiger partial charge is 0.271 e. The molecular formula is C14H26N2. The number of nitrogens with one attached hydrogen (secondary N) is 1. The lowest BCUT2D eigenvalue weighted by atomic mass is 9.84. The minimum atomic E-state index is 0.478. The van der Waals surface area contributed by atoms with Crippen molar-refractivity contribution < 1.29 is 0 Å². The van der Waals surface area contributed by atoms with Gasteiger partial charge in [-0.25, -0.2) is 0 Å². The van der Waals surface area contributed by atoms with E-state index in [0.717, 1.165) is 25.2 Å². The summed E-state index contributed by atoms with van der Waals surface area (Å²) in [6, 6.07) is 0.478. The molecule has 0 bridgehead atoms. The van der Waals surface area contributed by atoms with Gasteiger partial charge < -0.3 is 0 Å². The molecule has 0 aliphatic heterocycles. The molecule has 1 aliphatic rings. The molecule has 1 unspecified atom stereocenters. The van der Waals surface area contributed by atoms with Gasteiger partial charge in [-0.05, 0) is 31.6 Å². The number of rotatable bonds is 5. The van der Waals surface area contributed by atoms with E-state index in [0.29, 0.717) is 6.04 Å². The second-order valence-electron chi connectivity index (χ2n) is 4.97. The van der Waals surface area contributed by atoms with Crippen LogP contribution in [0.4, 0.5) is 0 Å². The van der Waals surface area contributed by atoms with Crippen LogP contribution in [-0.2, 0) is 0 Å². The van der Waals surface area contributed by atoms with Crippen molar-refractivity contribution in [2.75, 3.05) is 0 Å². The van der Waals surface area contributed by atoms with Crippen molar-refractivity contribution in [3.05, 3.63) is 0 Å². The van der Waals surface area contributed by atoms with Gasteiger partial charge in [0, 0.05) is 12.5 Å². The van der Waals surface area contributed by atoms with Crippen LogP contribution in [0.2, 0.25) is 0 Å². The molecule has 0 aromatic rings. The molecule has 16 heavy (non-hydrogen) atoms. The van der Waals surface area contributed by atoms with Crippen molar-refractivity contribution in [1.29, 1.82) is 0 Å². The lowest BCUT2D eigenvalue weighted by Crippen LogP contribution is -2.41. The summed E-state index contributed by atoms with van der Waals surface area (Å²) in [7, 11) is 0. The van der Waals surface area contributed by atoms with Crippen molar-refractivity contribution in [3.8, 4) is 12.3 Å². The summed E-state index contributed by atoms with van der Waals surface area (Å²) in [6.45, 7) is 0. The molecule has 0 saturated heterocycles. The summed E-state index contributed by atoms with van der Waals surface area (Å²) < 4.78 is 0. The van der Waals surface area contributed by atoms with Gasteiger partial charge in [-0.2, -0.15) is 0 Å². The number of hydrogen-bond donors (Lipinski definition) is 2. The molecule has 92 valence electrons. The van der Waals surface area contributed by atoms with Gasteiger partial charge >= 0.3 is 0 Å². The van der Waals surface area contributed by atoms with Crippen LogP contribution >= 0.6 is 0 Å². The molecule has 2 heteroatoms. The lowest BCUT2D eigenvalue weighted by Gasteiger charge is -2.28. The number of hydrazine groups is 1. The van der Waals surface area contributed by atoms with Crippen molar-refractivity contribution in [3.63, 3.8) is 0 Å². The maximum Gasteiger partial charge on any atom is 0.0239 e. The molecular weight excluding hydrogens is 196 g/mol. The average molecular weight is 222 g/mol. The van der Waals surface area contributed by atoms with Crippen LogP contribution in [0.1, 0.15) is 64.2 Å². The zero-order chi connectivity index (χ0) is 11.6. The molecule has 0 aromatic heterocycles. The standard InChI is InChI=1S/C14H26N2/c1-2-3-7-12-14(16-15)13-10-8-5-4-6-9-11-13/h1,13-14,16H,3-12,15H2. The SMILES string of the molecule is C#CCCCC(NN)C1CCCCCCC1. The fraction of sp³-hybridized carbons (Fsp3) is 0.857. The molecule has 0 amide bonds. The van der Waals surface area contributed by atoms with Crippen molar-refractivity contribution in [1.82, 2.24) is 5.43 Å². The van der Waals surface area contributed by atoms with Crippen LogP contribution in [0.3, 0.4) is 0 Å². The maximum absolute atomic E-state index is 5.67. The van der Waals surface area contributed by atoms with E-state index in [1.807, 2.05) is 0 Å². The van der Waals surface area contributed by atoms with Crippen molar-refractivity contribution >= 4 is 0 Å². The molecule has 1 fully saturated rings. The van der Waals surface area contributed by atoms with Gasteiger partial charge in [-0.1, -0.05) is 32.1 Å². The van der Waals surface area contributed by atoms with Gasteiger partial charge in [-0.15, -0.1) is 12.3 Å². The first-order valence-corrected chi connectivity index (χ1v) is 6.78. The molecule has 0 aromatic carbocycles. The highest BCUT2D eigenvalue weighted by Gasteiger charge is 2.20. The lowest BCUT2D eigenvalue weighted by molar-refractivity contribution is 0.272. The van der Waals surface area contributed by atoms with E-state index in [9.17, 15) is 0 Å². The minimum absolute atomic E-state index is 0.478. The van der Waals surface area contributed by atoms with E-state index in [1.165, 1.54) is 44.9 Å². The Hall–Kier alpha value is -0.520. The third-order valence-electron chi connectivity index (χ3n) is 3.77. The zero-order valence-corrected chi connectivity index (χ0v) is 10.4. The number of unbranched alkanes of at least 4 members (excludes halogenated alkanes) is 1. The van der Waals surface area contributed by atoms with Gasteiger partial charge in [0.15, 0.2) is 0 Å². The Morgan fingerprint density at radius 3 is 2.38 bits per heavy atom. The quantitative estimate of drug-likeness (QED) is 0.325. The van der Waals surface area contributed by atoms with Crippen molar-refractivity contribution in [2.24, 2.45) is 11.8 Å². The molecule has 0 heterocycles. The molecule has 0 spiro atoms. The van der Waals surface area contributed by atoms with Crippen LogP contribution in [0.5, 0.6) is 0 Å². The van der Waals surface area contributed by atoms with E-state index < -0.39 is 0 Å². The molecule has 0 radical (unpaired) electrons. The highest BCUT2D eigenvalue weighted by Crippen LogP contribution is 2.26. The second kappa shape index (κ2) is 8.61. The molecule has 3 N–H and O–H groups in total. The molecule has 1 rings (SSSR count). The number of hydrogen-bond acceptors (Lipinski definition) is 2. The topological polar surface area (TPSA) is 38.0 Å². The summed E-state index contributed by atoms with van der Waals surface area (Å²) in [4.78, 5) is 0. The average Bonchev–Trinajstić information content (AvgIpc) is 2.25. The first kappa shape index (κ1) is 13.5. The van der Waals surface area contributed by atoms with E-state index in [1.54, 1.807) is 0 Å². The molecule has 1 saturated carbocycles. The Balaban J connectivity index is 2.33. The fourth-order valence-electron chi connectivity index (χ4n) is 2.77. The van der Waals surface area contributed by atoms with Crippen molar-refractivity contribution in [2.45, 2.75) is 70.3 Å². The first-order chi connectivity index (χ1) is 7.88. The van der Waals surface area contributed by atoms with E-state index >= 15 is 0 Å². The summed E-state index contributed by atoms with van der Waals surface area (Å²) in [5.41, 5.74) is 3.01. The Kier molecular flexibility index (Phi) is 7.29. The van der Waals surface area contributed by atoms with Crippen LogP contribution in [0.25, 0.3) is 0 Å². The third-order valence-corrected chi connectivity index (χ3v) is 3.77. The van der Waals surface area contributed by atoms with Gasteiger partial charge in [0.2, 0.25) is 0 Å². The maximum atomic E-state index is 5.67. The normalized spacial score (nSPS) is 20.8. The van der Waals surface area contributed by atoms with Gasteiger partial charge in [0.25, 0.3) is 0 Å². The fourth-order valence-corrected chi connectivity index (χ4v) is 2.77. The summed E-state index contributed by atoms with van der Waals surface area (Å²) in [5.74, 6) is 9.14. The first-order valence-electron chi connectivity index (χ1n) is 6.78. The van der Waals surface area contributed by atoms with Crippen LogP contribution < -0.4 is 11.3 Å². The second-order valence-corrected chi connectivity index (χ2v) is 4.97. The minimum Gasteiger partial charge on any atom is -0.271 e. The van der Waals surface area contributed by atoms with E-state index in [4.69, 9.17) is 12.3 Å². The van der Waals surface area contributed by atoms with Gasteiger partial charge in [0.1, 0.15) is 0 Å². The van der Waals surface area contributed by atoms with Gasteiger partial charge in [0.05, 0.1) is 0 Å². The predicted octanol–water partition coefficient (Wildman–Crippen LogP) is 2.98. The van der Waals surface area contributed by atoms with Crippen LogP contribution in [-0.4, -0.2) is 6.04 Å². The Morgan fingerprint density at radius 1 is 1.19 bits per heavy atom. The Bertz CT molecular complexity index is 199. The predicted molar refractivity (Wildman–Crippen MR) is 69.6 cm³/mol. The summed E-state index contributed by atoms with van der Waals surface area (Å²) in [6.07, 6.45) is 18.0. The highest BCUT2D eigenvalue weighted by molar-refractivity contribution is 4.85. The van der Waals surface area contributed by atoms with Crippen LogP contribution in [0, 0.1) is 18.3 Å². The number of terminal acetylenes is 1. The Morgan fingerprint density at radius 2 is 1.81 bits per heavy atom. The summed E-state index contributed by atoms with van der Waals surface area (Å²) in [5, 5.41) is 0. The highest BCUT2D eigenvalue weighted by atomic mass is 15.2. The third kappa shape index (κ3) is 5.01. The monoisotopic (exact) mass is 222 g/mol. The molecule has 1 atom stereocenters. The van der Waals surface area contributed by atoms with E-state index in [-0.39, 0.29) is 0 Å². The smallest absolute Gasteiger partial charge is 0.0239 e. The molecule has 2 nitrogen and oxygen atoms in total. The summed E-state index contributed by atoms with van der Waals surface area (Å²) >= 11 is 0. The Labute approximate surface area is 100 Å². The molecule has 1 aliphatic carbocycles. The zero-order valence-electron chi connectivity index (χ0n) is 10.4. The van der Waals surface area contributed by atoms with E-state index in [2.05, 4.69) is 11.3 Å². The number of nitrogens with two attached hydrogens (primary N) is 1. The van der Waals surface area contributed by atoms with Crippen LogP contribution in [0.15, 0.2) is 0 Å². The van der Waals surface area contributed by atoms with Gasteiger partial charge in [-0.3, -0.25) is 11.3 Å².